The zero-order valence-corrected chi connectivity index (χ0v) is 23.1. The van der Waals surface area contributed by atoms with Gasteiger partial charge in [-0.05, 0) is 51.6 Å². The van der Waals surface area contributed by atoms with Gasteiger partial charge in [-0.3, -0.25) is 0 Å². The van der Waals surface area contributed by atoms with E-state index in [2.05, 4.69) is 20.4 Å². The van der Waals surface area contributed by atoms with Crippen molar-refractivity contribution in [3.8, 4) is 0 Å². The molecular formula is C23H35ClN5O7P. The molecule has 0 unspecified atom stereocenters. The van der Waals surface area contributed by atoms with Crippen LogP contribution in [0.15, 0.2) is 6.20 Å². The van der Waals surface area contributed by atoms with Gasteiger partial charge >= 0.3 is 0 Å². The zero-order chi connectivity index (χ0) is 26.6. The maximum atomic E-state index is 12.8. The van der Waals surface area contributed by atoms with Crippen LogP contribution in [0.25, 0.3) is 11.0 Å². The molecule has 1 aliphatic carbocycles. The van der Waals surface area contributed by atoms with Gasteiger partial charge in [-0.2, -0.15) is 15.1 Å². The molecule has 0 radical (unpaired) electrons. The summed E-state index contributed by atoms with van der Waals surface area (Å²) >= 11 is 6.31. The van der Waals surface area contributed by atoms with Crippen LogP contribution in [0.5, 0.6) is 0 Å². The lowest BCUT2D eigenvalue weighted by Gasteiger charge is -2.35. The number of anilines is 1. The third kappa shape index (κ3) is 5.03. The first kappa shape index (κ1) is 27.2. The van der Waals surface area contributed by atoms with E-state index in [0.717, 1.165) is 12.8 Å². The highest BCUT2D eigenvalue weighted by Gasteiger charge is 2.57. The number of ether oxygens (including phenoxy) is 4. The normalized spacial score (nSPS) is 28.3. The molecule has 2 saturated heterocycles. The van der Waals surface area contributed by atoms with Crippen LogP contribution in [0.1, 0.15) is 45.8 Å². The predicted molar refractivity (Wildman–Crippen MR) is 136 cm³/mol. The van der Waals surface area contributed by atoms with Crippen molar-refractivity contribution in [1.29, 1.82) is 0 Å². The number of fused-ring (bicyclic) bond motifs is 2. The molecule has 37 heavy (non-hydrogen) atoms. The Labute approximate surface area is 220 Å². The Hall–Kier alpha value is -1.37. The van der Waals surface area contributed by atoms with E-state index in [1.54, 1.807) is 10.9 Å². The van der Waals surface area contributed by atoms with Crippen LogP contribution in [-0.4, -0.2) is 98.6 Å². The second-order valence-corrected chi connectivity index (χ2v) is 14.7. The van der Waals surface area contributed by atoms with Gasteiger partial charge in [0.2, 0.25) is 5.28 Å². The molecule has 3 fully saturated rings. The number of rotatable bonds is 9. The number of aliphatic hydroxyl groups is 2. The van der Waals surface area contributed by atoms with Crippen LogP contribution in [0.2, 0.25) is 5.28 Å². The highest BCUT2D eigenvalue weighted by molar-refractivity contribution is 7.63. The summed E-state index contributed by atoms with van der Waals surface area (Å²) < 4.78 is 39.0. The van der Waals surface area contributed by atoms with Crippen molar-refractivity contribution >= 4 is 35.6 Å². The van der Waals surface area contributed by atoms with Crippen LogP contribution >= 0.6 is 18.7 Å². The minimum atomic E-state index is -3.04. The molecule has 5 rings (SSSR count). The summed E-state index contributed by atoms with van der Waals surface area (Å²) in [7, 11) is -3.04. The van der Waals surface area contributed by atoms with Gasteiger partial charge in [-0.1, -0.05) is 12.8 Å². The second kappa shape index (κ2) is 9.98. The van der Waals surface area contributed by atoms with Gasteiger partial charge in [0.15, 0.2) is 23.0 Å². The fourth-order valence-electron chi connectivity index (χ4n) is 5.32. The number of aromatic nitrogens is 4. The minimum absolute atomic E-state index is 0.0883. The smallest absolute Gasteiger partial charge is 0.226 e. The standard InChI is InChI=1S/C23H35ClN5O7P/c1-22(2)35-16-15(10-33-23(11-30,12-31)37(3,4)32)34-20(17(16)36-22)29-19-14(9-25-29)18(27-21(24)28-19)26-13-7-5-6-8-13/h9,13,15-17,20,30-31H,5-8,10-12H2,1-4H3,(H,26,27,28)/t15-,16-,17-,20-/m1/s1. The summed E-state index contributed by atoms with van der Waals surface area (Å²) in [4.78, 5) is 8.85. The van der Waals surface area contributed by atoms with Gasteiger partial charge in [0.1, 0.15) is 31.3 Å². The Kier molecular flexibility index (Phi) is 7.34. The molecule has 0 amide bonds. The molecule has 3 aliphatic rings. The molecule has 1 saturated carbocycles. The molecule has 0 spiro atoms. The van der Waals surface area contributed by atoms with E-state index in [-0.39, 0.29) is 11.9 Å². The molecule has 0 bridgehead atoms. The van der Waals surface area contributed by atoms with Crippen LogP contribution in [0, 0.1) is 0 Å². The zero-order valence-electron chi connectivity index (χ0n) is 21.5. The summed E-state index contributed by atoms with van der Waals surface area (Å²) in [5.41, 5.74) is 0.491. The SMILES string of the molecule is CC1(C)O[C@@H]2[C@H](O1)[C@@H](COC(CO)(CO)P(C)(C)=O)O[C@H]2n1ncc2c(NC3CCCC3)nc(Cl)nc21. The monoisotopic (exact) mass is 559 g/mol. The first-order valence-corrected chi connectivity index (χ1v) is 15.5. The molecule has 3 N–H and O–H groups in total. The van der Waals surface area contributed by atoms with Crippen molar-refractivity contribution in [2.45, 2.75) is 81.2 Å². The Balaban J connectivity index is 1.44. The van der Waals surface area contributed by atoms with Crippen LogP contribution < -0.4 is 5.32 Å². The summed E-state index contributed by atoms with van der Waals surface area (Å²) in [6.45, 7) is 5.26. The molecule has 12 nitrogen and oxygen atoms in total. The number of nitrogens with zero attached hydrogens (tertiary/aromatic N) is 4. The van der Waals surface area contributed by atoms with E-state index in [1.807, 2.05) is 13.8 Å². The van der Waals surface area contributed by atoms with Crippen LogP contribution in [-0.2, 0) is 23.5 Å². The molecular weight excluding hydrogens is 525 g/mol. The largest absolute Gasteiger partial charge is 0.393 e. The molecule has 2 aromatic rings. The van der Waals surface area contributed by atoms with Gasteiger partial charge in [-0.15, -0.1) is 0 Å². The quantitative estimate of drug-likeness (QED) is 0.307. The summed E-state index contributed by atoms with van der Waals surface area (Å²) in [6, 6.07) is 0.324. The van der Waals surface area contributed by atoms with E-state index in [4.69, 9.17) is 30.5 Å². The van der Waals surface area contributed by atoms with Crippen LogP contribution in [0.4, 0.5) is 5.82 Å². The maximum absolute atomic E-state index is 12.8. The van der Waals surface area contributed by atoms with Crippen molar-refractivity contribution in [2.75, 3.05) is 38.5 Å². The van der Waals surface area contributed by atoms with Gasteiger partial charge in [0.05, 0.1) is 31.4 Å². The number of hydrogen-bond acceptors (Lipinski definition) is 11. The fourth-order valence-corrected chi connectivity index (χ4v) is 6.55. The maximum Gasteiger partial charge on any atom is 0.226 e. The lowest BCUT2D eigenvalue weighted by atomic mass is 10.1. The molecule has 4 heterocycles. The Morgan fingerprint density at radius 3 is 2.54 bits per heavy atom. The average Bonchev–Trinajstić information content (AvgIpc) is 3.59. The van der Waals surface area contributed by atoms with E-state index in [0.29, 0.717) is 22.9 Å². The van der Waals surface area contributed by atoms with Gasteiger partial charge in [0.25, 0.3) is 0 Å². The second-order valence-electron chi connectivity index (χ2n) is 10.8. The summed E-state index contributed by atoms with van der Waals surface area (Å²) in [5.74, 6) is -0.264. The highest BCUT2D eigenvalue weighted by atomic mass is 35.5. The van der Waals surface area contributed by atoms with E-state index >= 15 is 0 Å². The third-order valence-electron chi connectivity index (χ3n) is 7.48. The van der Waals surface area contributed by atoms with Gasteiger partial charge in [0, 0.05) is 6.04 Å². The molecule has 0 aromatic carbocycles. The summed E-state index contributed by atoms with van der Waals surface area (Å²) in [5, 5.41) is 27.1. The lowest BCUT2D eigenvalue weighted by molar-refractivity contribution is -0.207. The summed E-state index contributed by atoms with van der Waals surface area (Å²) in [6.07, 6.45) is 3.68. The highest BCUT2D eigenvalue weighted by Crippen LogP contribution is 2.52. The van der Waals surface area contributed by atoms with Crippen molar-refractivity contribution in [1.82, 2.24) is 19.7 Å². The first-order valence-electron chi connectivity index (χ1n) is 12.6. The topological polar surface area (TPSA) is 150 Å². The predicted octanol–water partition coefficient (Wildman–Crippen LogP) is 2.57. The first-order chi connectivity index (χ1) is 17.5. The van der Waals surface area contributed by atoms with Crippen molar-refractivity contribution < 1.29 is 33.7 Å². The van der Waals surface area contributed by atoms with Crippen molar-refractivity contribution in [3.05, 3.63) is 11.5 Å². The lowest BCUT2D eigenvalue weighted by Crippen LogP contribution is -2.44. The minimum Gasteiger partial charge on any atom is -0.393 e. The number of aliphatic hydroxyl groups excluding tert-OH is 2. The molecule has 206 valence electrons. The van der Waals surface area contributed by atoms with Gasteiger partial charge < -0.3 is 39.0 Å². The Morgan fingerprint density at radius 1 is 1.22 bits per heavy atom. The van der Waals surface area contributed by atoms with E-state index in [1.165, 1.54) is 26.2 Å². The molecule has 2 aromatic heterocycles. The number of hydrogen-bond donors (Lipinski definition) is 3. The Morgan fingerprint density at radius 2 is 1.89 bits per heavy atom. The van der Waals surface area contributed by atoms with Crippen molar-refractivity contribution in [3.63, 3.8) is 0 Å². The number of halogens is 1. The average molecular weight is 560 g/mol. The van der Waals surface area contributed by atoms with Crippen LogP contribution in [0.3, 0.4) is 0 Å². The third-order valence-corrected chi connectivity index (χ3v) is 10.0. The van der Waals surface area contributed by atoms with Gasteiger partial charge in [-0.25, -0.2) is 4.68 Å². The number of nitrogens with one attached hydrogen (secondary N) is 1. The molecule has 4 atom stereocenters. The van der Waals surface area contributed by atoms with Crippen molar-refractivity contribution in [2.24, 2.45) is 0 Å². The molecule has 14 heteroatoms. The van der Waals surface area contributed by atoms with E-state index in [9.17, 15) is 14.8 Å². The fraction of sp³-hybridized carbons (Fsp3) is 0.783. The molecule has 2 aliphatic heterocycles. The van der Waals surface area contributed by atoms with E-state index < -0.39 is 56.0 Å². The Bertz CT molecular complexity index is 1180.